The van der Waals surface area contributed by atoms with Crippen LogP contribution in [0, 0.1) is 5.92 Å². The molecule has 3 nitrogen and oxygen atoms in total. The third-order valence-corrected chi connectivity index (χ3v) is 3.96. The minimum atomic E-state index is -0.268. The predicted octanol–water partition coefficient (Wildman–Crippen LogP) is 2.10. The predicted molar refractivity (Wildman–Crippen MR) is 70.1 cm³/mol. The Balaban J connectivity index is 1.52. The van der Waals surface area contributed by atoms with Gasteiger partial charge in [-0.1, -0.05) is 30.3 Å². The van der Waals surface area contributed by atoms with Crippen LogP contribution in [0.4, 0.5) is 0 Å². The van der Waals surface area contributed by atoms with Crippen molar-refractivity contribution in [3.8, 4) is 0 Å². The molecule has 98 valence electrons. The molecule has 1 aromatic rings. The largest absolute Gasteiger partial charge is 0.376 e. The summed E-state index contributed by atoms with van der Waals surface area (Å²) in [5.74, 6) is 0.679. The van der Waals surface area contributed by atoms with Gasteiger partial charge in [0.25, 0.3) is 0 Å². The zero-order valence-corrected chi connectivity index (χ0v) is 10.7. The highest BCUT2D eigenvalue weighted by molar-refractivity contribution is 5.13. The van der Waals surface area contributed by atoms with E-state index in [1.54, 1.807) is 0 Å². The Morgan fingerprint density at radius 1 is 1.28 bits per heavy atom. The van der Waals surface area contributed by atoms with Crippen molar-refractivity contribution in [2.75, 3.05) is 13.2 Å². The summed E-state index contributed by atoms with van der Waals surface area (Å²) in [6.07, 6.45) is 3.67. The monoisotopic (exact) mass is 247 g/mol. The molecule has 1 aromatic carbocycles. The van der Waals surface area contributed by atoms with Gasteiger partial charge in [-0.15, -0.1) is 0 Å². The van der Waals surface area contributed by atoms with Gasteiger partial charge in [0, 0.05) is 6.61 Å². The molecule has 1 aliphatic heterocycles. The van der Waals surface area contributed by atoms with E-state index in [1.807, 2.05) is 18.2 Å². The lowest BCUT2D eigenvalue weighted by Gasteiger charge is -2.29. The van der Waals surface area contributed by atoms with Crippen molar-refractivity contribution in [3.05, 3.63) is 35.9 Å². The van der Waals surface area contributed by atoms with Crippen LogP contribution in [0.25, 0.3) is 0 Å². The normalized spacial score (nSPS) is 31.7. The average molecular weight is 247 g/mol. The SMILES string of the molecule is NC1(COCc2ccccc2)CCOC1C1CC1. The molecular formula is C15H21NO2. The van der Waals surface area contributed by atoms with E-state index in [4.69, 9.17) is 15.2 Å². The van der Waals surface area contributed by atoms with Crippen LogP contribution >= 0.6 is 0 Å². The van der Waals surface area contributed by atoms with Gasteiger partial charge in [-0.2, -0.15) is 0 Å². The highest BCUT2D eigenvalue weighted by Crippen LogP contribution is 2.42. The molecule has 1 heterocycles. The molecule has 0 bridgehead atoms. The molecular weight excluding hydrogens is 226 g/mol. The van der Waals surface area contributed by atoms with E-state index in [0.29, 0.717) is 19.1 Å². The summed E-state index contributed by atoms with van der Waals surface area (Å²) >= 11 is 0. The molecule has 3 rings (SSSR count). The van der Waals surface area contributed by atoms with Crippen LogP contribution in [-0.4, -0.2) is 24.9 Å². The molecule has 1 saturated carbocycles. The molecule has 18 heavy (non-hydrogen) atoms. The first-order valence-electron chi connectivity index (χ1n) is 6.80. The van der Waals surface area contributed by atoms with Gasteiger partial charge < -0.3 is 15.2 Å². The van der Waals surface area contributed by atoms with E-state index in [0.717, 1.165) is 13.0 Å². The third-order valence-electron chi connectivity index (χ3n) is 3.96. The second-order valence-corrected chi connectivity index (χ2v) is 5.59. The van der Waals surface area contributed by atoms with Crippen LogP contribution < -0.4 is 5.73 Å². The van der Waals surface area contributed by atoms with Gasteiger partial charge in [-0.3, -0.25) is 0 Å². The van der Waals surface area contributed by atoms with E-state index in [9.17, 15) is 0 Å². The Bertz CT molecular complexity index is 391. The maximum absolute atomic E-state index is 6.46. The Morgan fingerprint density at radius 2 is 2.06 bits per heavy atom. The number of ether oxygens (including phenoxy) is 2. The zero-order chi connectivity index (χ0) is 12.4. The van der Waals surface area contributed by atoms with Gasteiger partial charge >= 0.3 is 0 Å². The number of rotatable bonds is 5. The first-order chi connectivity index (χ1) is 8.78. The number of benzene rings is 1. The van der Waals surface area contributed by atoms with Crippen LogP contribution in [-0.2, 0) is 16.1 Å². The van der Waals surface area contributed by atoms with Crippen molar-refractivity contribution in [2.24, 2.45) is 11.7 Å². The van der Waals surface area contributed by atoms with Gasteiger partial charge in [-0.05, 0) is 30.7 Å². The third kappa shape index (κ3) is 2.58. The molecule has 1 aliphatic carbocycles. The molecule has 2 N–H and O–H groups in total. The summed E-state index contributed by atoms with van der Waals surface area (Å²) in [5.41, 5.74) is 7.39. The molecule has 2 atom stereocenters. The molecule has 1 saturated heterocycles. The molecule has 0 amide bonds. The van der Waals surface area contributed by atoms with Gasteiger partial charge in [0.1, 0.15) is 0 Å². The minimum absolute atomic E-state index is 0.216. The van der Waals surface area contributed by atoms with E-state index in [-0.39, 0.29) is 11.6 Å². The second kappa shape index (κ2) is 5.00. The molecule has 2 aliphatic rings. The van der Waals surface area contributed by atoms with E-state index >= 15 is 0 Å². The van der Waals surface area contributed by atoms with Gasteiger partial charge in [-0.25, -0.2) is 0 Å². The zero-order valence-electron chi connectivity index (χ0n) is 10.7. The Morgan fingerprint density at radius 3 is 2.78 bits per heavy atom. The minimum Gasteiger partial charge on any atom is -0.376 e. The van der Waals surface area contributed by atoms with Gasteiger partial charge in [0.15, 0.2) is 0 Å². The molecule has 2 fully saturated rings. The van der Waals surface area contributed by atoms with Gasteiger partial charge in [0.05, 0.1) is 24.9 Å². The first-order valence-corrected chi connectivity index (χ1v) is 6.80. The summed E-state index contributed by atoms with van der Waals surface area (Å²) in [6.45, 7) is 2.02. The van der Waals surface area contributed by atoms with E-state index < -0.39 is 0 Å². The van der Waals surface area contributed by atoms with Crippen molar-refractivity contribution in [1.29, 1.82) is 0 Å². The fourth-order valence-corrected chi connectivity index (χ4v) is 2.78. The Hall–Kier alpha value is -0.900. The lowest BCUT2D eigenvalue weighted by molar-refractivity contribution is 0.0117. The van der Waals surface area contributed by atoms with Crippen molar-refractivity contribution in [2.45, 2.75) is 37.5 Å². The lowest BCUT2D eigenvalue weighted by atomic mass is 9.90. The standard InChI is InChI=1S/C15H21NO2/c16-15(8-9-18-14(15)13-6-7-13)11-17-10-12-4-2-1-3-5-12/h1-5,13-14H,6-11,16H2. The van der Waals surface area contributed by atoms with Crippen molar-refractivity contribution in [1.82, 2.24) is 0 Å². The summed E-state index contributed by atoms with van der Waals surface area (Å²) in [7, 11) is 0. The summed E-state index contributed by atoms with van der Waals surface area (Å²) in [4.78, 5) is 0. The van der Waals surface area contributed by atoms with E-state index in [1.165, 1.54) is 18.4 Å². The molecule has 0 aromatic heterocycles. The quantitative estimate of drug-likeness (QED) is 0.866. The number of hydrogen-bond acceptors (Lipinski definition) is 3. The van der Waals surface area contributed by atoms with Crippen molar-refractivity contribution >= 4 is 0 Å². The smallest absolute Gasteiger partial charge is 0.0806 e. The fraction of sp³-hybridized carbons (Fsp3) is 0.600. The van der Waals surface area contributed by atoms with Crippen molar-refractivity contribution < 1.29 is 9.47 Å². The number of nitrogens with two attached hydrogens (primary N) is 1. The molecule has 0 spiro atoms. The van der Waals surface area contributed by atoms with Crippen LogP contribution in [0.5, 0.6) is 0 Å². The van der Waals surface area contributed by atoms with Crippen LogP contribution in [0.2, 0.25) is 0 Å². The lowest BCUT2D eigenvalue weighted by Crippen LogP contribution is -2.52. The maximum Gasteiger partial charge on any atom is 0.0806 e. The fourth-order valence-electron chi connectivity index (χ4n) is 2.78. The van der Waals surface area contributed by atoms with Crippen LogP contribution in [0.1, 0.15) is 24.8 Å². The summed E-state index contributed by atoms with van der Waals surface area (Å²) in [6, 6.07) is 10.2. The topological polar surface area (TPSA) is 44.5 Å². The second-order valence-electron chi connectivity index (χ2n) is 5.59. The molecule has 0 radical (unpaired) electrons. The number of hydrogen-bond donors (Lipinski definition) is 1. The Labute approximate surface area is 108 Å². The van der Waals surface area contributed by atoms with E-state index in [2.05, 4.69) is 12.1 Å². The van der Waals surface area contributed by atoms with Crippen molar-refractivity contribution in [3.63, 3.8) is 0 Å². The van der Waals surface area contributed by atoms with Crippen LogP contribution in [0.15, 0.2) is 30.3 Å². The van der Waals surface area contributed by atoms with Crippen LogP contribution in [0.3, 0.4) is 0 Å². The first kappa shape index (κ1) is 12.2. The molecule has 3 heteroatoms. The Kier molecular flexibility index (Phi) is 3.37. The summed E-state index contributed by atoms with van der Waals surface area (Å²) in [5, 5.41) is 0. The van der Waals surface area contributed by atoms with Gasteiger partial charge in [0.2, 0.25) is 0 Å². The maximum atomic E-state index is 6.46. The highest BCUT2D eigenvalue weighted by Gasteiger charge is 2.48. The highest BCUT2D eigenvalue weighted by atomic mass is 16.5. The average Bonchev–Trinajstić information content (AvgIpc) is 3.15. The molecule has 2 unspecified atom stereocenters. The summed E-state index contributed by atoms with van der Waals surface area (Å²) < 4.78 is 11.6.